The van der Waals surface area contributed by atoms with Crippen molar-refractivity contribution in [1.29, 1.82) is 0 Å². The fourth-order valence-corrected chi connectivity index (χ4v) is 2.33. The third kappa shape index (κ3) is 3.03. The molecule has 0 aliphatic carbocycles. The van der Waals surface area contributed by atoms with Crippen molar-refractivity contribution in [1.82, 2.24) is 4.57 Å². The van der Waals surface area contributed by atoms with Crippen molar-refractivity contribution in [2.24, 2.45) is 0 Å². The van der Waals surface area contributed by atoms with Crippen LogP contribution in [0.25, 0.3) is 11.3 Å². The van der Waals surface area contributed by atoms with Crippen LogP contribution in [0.3, 0.4) is 0 Å². The Labute approximate surface area is 128 Å². The topological polar surface area (TPSA) is 68.5 Å². The Morgan fingerprint density at radius 1 is 1.23 bits per heavy atom. The Kier molecular flexibility index (Phi) is 4.65. The minimum atomic E-state index is -1.22. The minimum Gasteiger partial charge on any atom is -0.490 e. The zero-order chi connectivity index (χ0) is 16.3. The molecule has 1 aromatic heterocycles. The normalized spacial score (nSPS) is 10.7. The van der Waals surface area contributed by atoms with Crippen LogP contribution in [0, 0.1) is 0 Å². The smallest absolute Gasteiger partial charge is 0.341 e. The van der Waals surface area contributed by atoms with Crippen molar-refractivity contribution in [2.75, 3.05) is 0 Å². The van der Waals surface area contributed by atoms with Crippen LogP contribution in [0.4, 0.5) is 0 Å². The lowest BCUT2D eigenvalue weighted by molar-refractivity contribution is 0.0694. The number of aromatic carboxylic acids is 1. The molecule has 116 valence electrons. The number of hydrogen-bond donors (Lipinski definition) is 1. The quantitative estimate of drug-likeness (QED) is 0.921. The zero-order valence-corrected chi connectivity index (χ0v) is 12.9. The summed E-state index contributed by atoms with van der Waals surface area (Å²) in [5.74, 6) is -0.548. The van der Waals surface area contributed by atoms with Gasteiger partial charge in [0.25, 0.3) is 5.56 Å². The molecule has 0 atom stereocenters. The van der Waals surface area contributed by atoms with E-state index in [1.165, 1.54) is 10.6 Å². The van der Waals surface area contributed by atoms with Crippen LogP contribution in [0.2, 0.25) is 0 Å². The predicted octanol–water partition coefficient (Wildman–Crippen LogP) is 3.02. The van der Waals surface area contributed by atoms with Gasteiger partial charge in [-0.05, 0) is 45.0 Å². The van der Waals surface area contributed by atoms with Gasteiger partial charge in [-0.15, -0.1) is 0 Å². The number of aromatic nitrogens is 1. The number of nitrogens with zero attached hydrogens (tertiary/aromatic N) is 1. The number of benzene rings is 1. The van der Waals surface area contributed by atoms with E-state index in [1.54, 1.807) is 6.07 Å². The molecule has 0 spiro atoms. The third-order valence-electron chi connectivity index (χ3n) is 3.25. The fourth-order valence-electron chi connectivity index (χ4n) is 2.33. The molecule has 0 amide bonds. The Hall–Kier alpha value is -2.56. The number of rotatable bonds is 5. The molecule has 2 aromatic rings. The maximum absolute atomic E-state index is 12.3. The number of ether oxygens (including phenoxy) is 1. The van der Waals surface area contributed by atoms with Crippen molar-refractivity contribution in [3.63, 3.8) is 0 Å². The summed E-state index contributed by atoms with van der Waals surface area (Å²) in [6, 6.07) is 10.4. The Bertz CT molecular complexity index is 747. The lowest BCUT2D eigenvalue weighted by Gasteiger charge is -2.17. The average Bonchev–Trinajstić information content (AvgIpc) is 2.46. The van der Waals surface area contributed by atoms with Gasteiger partial charge in [-0.1, -0.05) is 12.1 Å². The van der Waals surface area contributed by atoms with E-state index < -0.39 is 11.5 Å². The molecule has 0 aliphatic rings. The van der Waals surface area contributed by atoms with Crippen molar-refractivity contribution >= 4 is 5.97 Å². The van der Waals surface area contributed by atoms with Crippen LogP contribution in [-0.2, 0) is 6.54 Å². The summed E-state index contributed by atoms with van der Waals surface area (Å²) in [6.45, 7) is 6.04. The van der Waals surface area contributed by atoms with Crippen LogP contribution in [0.5, 0.6) is 5.75 Å². The summed E-state index contributed by atoms with van der Waals surface area (Å²) in [7, 11) is 0. The van der Waals surface area contributed by atoms with E-state index in [4.69, 9.17) is 9.84 Å². The number of para-hydroxylation sites is 1. The van der Waals surface area contributed by atoms with Gasteiger partial charge >= 0.3 is 5.97 Å². The molecule has 0 saturated heterocycles. The van der Waals surface area contributed by atoms with E-state index in [2.05, 4.69) is 0 Å². The molecular formula is C17H19NO4. The maximum Gasteiger partial charge on any atom is 0.341 e. The third-order valence-corrected chi connectivity index (χ3v) is 3.25. The Morgan fingerprint density at radius 2 is 1.91 bits per heavy atom. The summed E-state index contributed by atoms with van der Waals surface area (Å²) in [6.07, 6.45) is 0.00115. The van der Waals surface area contributed by atoms with E-state index >= 15 is 0 Å². The van der Waals surface area contributed by atoms with Gasteiger partial charge in [-0.2, -0.15) is 0 Å². The van der Waals surface area contributed by atoms with E-state index in [9.17, 15) is 9.59 Å². The van der Waals surface area contributed by atoms with Gasteiger partial charge in [-0.3, -0.25) is 4.79 Å². The number of pyridine rings is 1. The molecule has 0 radical (unpaired) electrons. The minimum absolute atomic E-state index is 0.00115. The van der Waals surface area contributed by atoms with E-state index in [0.717, 1.165) is 5.56 Å². The number of carboxylic acids is 1. The highest BCUT2D eigenvalue weighted by Gasteiger charge is 2.16. The van der Waals surface area contributed by atoms with Gasteiger partial charge in [0.15, 0.2) is 0 Å². The summed E-state index contributed by atoms with van der Waals surface area (Å²) < 4.78 is 7.24. The lowest BCUT2D eigenvalue weighted by atomic mass is 10.1. The highest BCUT2D eigenvalue weighted by Crippen LogP contribution is 2.30. The molecule has 5 heteroatoms. The first kappa shape index (κ1) is 15.8. The molecular weight excluding hydrogens is 282 g/mol. The van der Waals surface area contributed by atoms with Gasteiger partial charge in [0, 0.05) is 12.1 Å². The van der Waals surface area contributed by atoms with Crippen molar-refractivity contribution < 1.29 is 14.6 Å². The van der Waals surface area contributed by atoms with Gasteiger partial charge in [0.1, 0.15) is 11.3 Å². The van der Waals surface area contributed by atoms with Crippen LogP contribution >= 0.6 is 0 Å². The van der Waals surface area contributed by atoms with E-state index in [-0.39, 0.29) is 11.7 Å². The van der Waals surface area contributed by atoms with Crippen LogP contribution < -0.4 is 10.3 Å². The van der Waals surface area contributed by atoms with Gasteiger partial charge < -0.3 is 14.4 Å². The second kappa shape index (κ2) is 6.47. The fraction of sp³-hybridized carbons (Fsp3) is 0.294. The molecule has 22 heavy (non-hydrogen) atoms. The second-order valence-corrected chi connectivity index (χ2v) is 5.15. The van der Waals surface area contributed by atoms with Gasteiger partial charge in [0.2, 0.25) is 0 Å². The van der Waals surface area contributed by atoms with Crippen molar-refractivity contribution in [2.45, 2.75) is 33.4 Å². The Morgan fingerprint density at radius 3 is 2.50 bits per heavy atom. The standard InChI is InChI=1S/C17H19NO4/c1-4-18-14(10-9-13(16(18)19)17(20)21)12-7-5-6-8-15(12)22-11(2)3/h5-11H,4H2,1-3H3,(H,20,21). The first-order valence-electron chi connectivity index (χ1n) is 7.18. The van der Waals surface area contributed by atoms with Crippen molar-refractivity contribution in [3.05, 3.63) is 52.3 Å². The van der Waals surface area contributed by atoms with E-state index in [0.29, 0.717) is 18.0 Å². The molecule has 0 fully saturated rings. The predicted molar refractivity (Wildman–Crippen MR) is 84.5 cm³/mol. The van der Waals surface area contributed by atoms with Crippen molar-refractivity contribution in [3.8, 4) is 17.0 Å². The second-order valence-electron chi connectivity index (χ2n) is 5.15. The van der Waals surface area contributed by atoms with Gasteiger partial charge in [-0.25, -0.2) is 4.79 Å². The lowest BCUT2D eigenvalue weighted by Crippen LogP contribution is -2.27. The van der Waals surface area contributed by atoms with E-state index in [1.807, 2.05) is 45.0 Å². The largest absolute Gasteiger partial charge is 0.490 e. The van der Waals surface area contributed by atoms with Crippen LogP contribution in [-0.4, -0.2) is 21.7 Å². The Balaban J connectivity index is 2.66. The molecule has 2 rings (SSSR count). The molecule has 1 N–H and O–H groups in total. The summed E-state index contributed by atoms with van der Waals surface area (Å²) in [5.41, 5.74) is 0.681. The summed E-state index contributed by atoms with van der Waals surface area (Å²) in [5, 5.41) is 9.08. The molecule has 1 heterocycles. The summed E-state index contributed by atoms with van der Waals surface area (Å²) >= 11 is 0. The van der Waals surface area contributed by atoms with Crippen LogP contribution in [0.1, 0.15) is 31.1 Å². The summed E-state index contributed by atoms with van der Waals surface area (Å²) in [4.78, 5) is 23.4. The highest BCUT2D eigenvalue weighted by atomic mass is 16.5. The number of carbonyl (C=O) groups is 1. The van der Waals surface area contributed by atoms with Gasteiger partial charge in [0.05, 0.1) is 11.8 Å². The maximum atomic E-state index is 12.3. The monoisotopic (exact) mass is 301 g/mol. The molecule has 0 aliphatic heterocycles. The first-order chi connectivity index (χ1) is 10.5. The molecule has 5 nitrogen and oxygen atoms in total. The highest BCUT2D eigenvalue weighted by molar-refractivity contribution is 5.87. The number of carboxylic acid groups (broad SMARTS) is 1. The molecule has 1 aromatic carbocycles. The SMILES string of the molecule is CCn1c(-c2ccccc2OC(C)C)ccc(C(=O)O)c1=O. The first-order valence-corrected chi connectivity index (χ1v) is 7.18. The molecule has 0 saturated carbocycles. The zero-order valence-electron chi connectivity index (χ0n) is 12.9. The van der Waals surface area contributed by atoms with Crippen LogP contribution in [0.15, 0.2) is 41.2 Å². The average molecular weight is 301 g/mol. The molecule has 0 bridgehead atoms. The molecule has 0 unspecified atom stereocenters. The number of hydrogen-bond acceptors (Lipinski definition) is 3.